The molecule has 0 heterocycles. The van der Waals surface area contributed by atoms with E-state index in [1.54, 1.807) is 0 Å². The van der Waals surface area contributed by atoms with Crippen LogP contribution in [0.3, 0.4) is 0 Å². The molecule has 5 nitrogen and oxygen atoms in total. The van der Waals surface area contributed by atoms with E-state index in [0.29, 0.717) is 5.02 Å². The highest BCUT2D eigenvalue weighted by atomic mass is 35.5. The number of aliphatic carboxylic acids is 1. The number of benzene rings is 1. The highest BCUT2D eigenvalue weighted by Gasteiger charge is 2.14. The Balaban J connectivity index is 2.83. The van der Waals surface area contributed by atoms with Crippen LogP contribution in [0, 0.1) is 0 Å². The van der Waals surface area contributed by atoms with E-state index in [1.165, 1.54) is 18.2 Å². The molecular weight excluding hydrogens is 289 g/mol. The summed E-state index contributed by atoms with van der Waals surface area (Å²) in [5.74, 6) is -1.71. The summed E-state index contributed by atoms with van der Waals surface area (Å²) in [6, 6.07) is 4.31. The van der Waals surface area contributed by atoms with Gasteiger partial charge in [0.25, 0.3) is 0 Å². The lowest BCUT2D eigenvalue weighted by Crippen LogP contribution is -2.19. The standard InChI is InChI=1S/C9H9Cl2NO4S/c10-6-1-2-7(11)8(5-6)12-17(15,16)4-3-9(13)14/h1-2,5,12H,3-4H2,(H,13,14). The Morgan fingerprint density at radius 1 is 1.35 bits per heavy atom. The molecule has 0 saturated heterocycles. The van der Waals surface area contributed by atoms with Crippen molar-refractivity contribution >= 4 is 44.9 Å². The van der Waals surface area contributed by atoms with Gasteiger partial charge in [-0.3, -0.25) is 9.52 Å². The van der Waals surface area contributed by atoms with E-state index in [1.807, 2.05) is 0 Å². The minimum absolute atomic E-state index is 0.129. The zero-order chi connectivity index (χ0) is 13.1. The molecule has 17 heavy (non-hydrogen) atoms. The molecule has 8 heteroatoms. The molecule has 0 amide bonds. The number of carboxylic acids is 1. The number of nitrogens with one attached hydrogen (secondary N) is 1. The van der Waals surface area contributed by atoms with Crippen LogP contribution in [-0.4, -0.2) is 25.2 Å². The molecule has 2 N–H and O–H groups in total. The van der Waals surface area contributed by atoms with Crippen molar-refractivity contribution in [2.24, 2.45) is 0 Å². The number of rotatable bonds is 5. The first-order valence-electron chi connectivity index (χ1n) is 4.47. The topological polar surface area (TPSA) is 83.5 Å². The van der Waals surface area contributed by atoms with Gasteiger partial charge in [0.05, 0.1) is 22.9 Å². The van der Waals surface area contributed by atoms with Gasteiger partial charge in [-0.05, 0) is 18.2 Å². The van der Waals surface area contributed by atoms with Crippen LogP contribution >= 0.6 is 23.2 Å². The van der Waals surface area contributed by atoms with Crippen LogP contribution in [0.2, 0.25) is 10.0 Å². The predicted octanol–water partition coefficient (Wildman–Crippen LogP) is 2.21. The summed E-state index contributed by atoms with van der Waals surface area (Å²) >= 11 is 11.4. The van der Waals surface area contributed by atoms with Gasteiger partial charge in [0, 0.05) is 5.02 Å². The van der Waals surface area contributed by atoms with Gasteiger partial charge in [0.2, 0.25) is 10.0 Å². The molecule has 0 atom stereocenters. The zero-order valence-electron chi connectivity index (χ0n) is 8.48. The summed E-state index contributed by atoms with van der Waals surface area (Å²) in [4.78, 5) is 10.3. The van der Waals surface area contributed by atoms with Gasteiger partial charge >= 0.3 is 5.97 Å². The van der Waals surface area contributed by atoms with Crippen molar-refractivity contribution in [1.82, 2.24) is 0 Å². The molecule has 0 aromatic heterocycles. The van der Waals surface area contributed by atoms with E-state index in [2.05, 4.69) is 4.72 Å². The molecule has 0 bridgehead atoms. The number of carbonyl (C=O) groups is 1. The minimum Gasteiger partial charge on any atom is -0.481 e. The monoisotopic (exact) mass is 297 g/mol. The van der Waals surface area contributed by atoms with Crippen LogP contribution in [-0.2, 0) is 14.8 Å². The molecule has 1 aromatic rings. The van der Waals surface area contributed by atoms with Crippen molar-refractivity contribution in [2.75, 3.05) is 10.5 Å². The third-order valence-corrected chi connectivity index (χ3v) is 3.62. The van der Waals surface area contributed by atoms with E-state index < -0.39 is 28.2 Å². The number of halogens is 2. The lowest BCUT2D eigenvalue weighted by molar-refractivity contribution is -0.136. The van der Waals surface area contributed by atoms with Gasteiger partial charge in [0.15, 0.2) is 0 Å². The fraction of sp³-hybridized carbons (Fsp3) is 0.222. The highest BCUT2D eigenvalue weighted by molar-refractivity contribution is 7.92. The van der Waals surface area contributed by atoms with E-state index in [-0.39, 0.29) is 10.7 Å². The Labute approximate surface area is 108 Å². The number of sulfonamides is 1. The van der Waals surface area contributed by atoms with E-state index in [9.17, 15) is 13.2 Å². The number of hydrogen-bond acceptors (Lipinski definition) is 3. The average Bonchev–Trinajstić information content (AvgIpc) is 2.20. The first kappa shape index (κ1) is 14.1. The average molecular weight is 298 g/mol. The smallest absolute Gasteiger partial charge is 0.304 e. The van der Waals surface area contributed by atoms with Crippen LogP contribution in [0.25, 0.3) is 0 Å². The Kier molecular flexibility index (Phi) is 4.62. The van der Waals surface area contributed by atoms with E-state index in [0.717, 1.165) is 0 Å². The summed E-state index contributed by atoms with van der Waals surface area (Å²) < 4.78 is 25.2. The first-order chi connectivity index (χ1) is 7.80. The predicted molar refractivity (Wildman–Crippen MR) is 66.1 cm³/mol. The van der Waals surface area contributed by atoms with Crippen molar-refractivity contribution < 1.29 is 18.3 Å². The largest absolute Gasteiger partial charge is 0.481 e. The van der Waals surface area contributed by atoms with Crippen LogP contribution in [0.15, 0.2) is 18.2 Å². The first-order valence-corrected chi connectivity index (χ1v) is 6.88. The second-order valence-electron chi connectivity index (χ2n) is 3.19. The quantitative estimate of drug-likeness (QED) is 0.873. The maximum Gasteiger partial charge on any atom is 0.304 e. The zero-order valence-corrected chi connectivity index (χ0v) is 10.8. The molecule has 0 spiro atoms. The van der Waals surface area contributed by atoms with Crippen LogP contribution in [0.4, 0.5) is 5.69 Å². The Morgan fingerprint density at radius 3 is 2.59 bits per heavy atom. The second-order valence-corrected chi connectivity index (χ2v) is 5.87. The molecule has 1 aromatic carbocycles. The van der Waals surface area contributed by atoms with Crippen LogP contribution in [0.1, 0.15) is 6.42 Å². The van der Waals surface area contributed by atoms with Crippen molar-refractivity contribution in [1.29, 1.82) is 0 Å². The highest BCUT2D eigenvalue weighted by Crippen LogP contribution is 2.26. The second kappa shape index (κ2) is 5.57. The fourth-order valence-electron chi connectivity index (χ4n) is 1.02. The van der Waals surface area contributed by atoms with E-state index in [4.69, 9.17) is 28.3 Å². The van der Waals surface area contributed by atoms with Crippen LogP contribution < -0.4 is 4.72 Å². The van der Waals surface area contributed by atoms with Gasteiger partial charge in [-0.25, -0.2) is 8.42 Å². The molecule has 0 radical (unpaired) electrons. The molecule has 94 valence electrons. The molecule has 1 rings (SSSR count). The van der Waals surface area contributed by atoms with Crippen molar-refractivity contribution in [2.45, 2.75) is 6.42 Å². The summed E-state index contributed by atoms with van der Waals surface area (Å²) in [5.41, 5.74) is 0.129. The summed E-state index contributed by atoms with van der Waals surface area (Å²) in [5, 5.41) is 8.91. The minimum atomic E-state index is -3.74. The molecule has 0 unspecified atom stereocenters. The van der Waals surface area contributed by atoms with E-state index >= 15 is 0 Å². The van der Waals surface area contributed by atoms with Crippen molar-refractivity contribution in [3.63, 3.8) is 0 Å². The third kappa shape index (κ3) is 4.80. The van der Waals surface area contributed by atoms with Crippen molar-refractivity contribution in [3.8, 4) is 0 Å². The SMILES string of the molecule is O=C(O)CCS(=O)(=O)Nc1cc(Cl)ccc1Cl. The normalized spacial score (nSPS) is 11.2. The summed E-state index contributed by atoms with van der Waals surface area (Å²) in [6.45, 7) is 0. The molecule has 0 aliphatic heterocycles. The fourth-order valence-corrected chi connectivity index (χ4v) is 2.46. The van der Waals surface area contributed by atoms with Gasteiger partial charge in [0.1, 0.15) is 0 Å². The lowest BCUT2D eigenvalue weighted by Gasteiger charge is -2.08. The summed E-state index contributed by atoms with van der Waals surface area (Å²) in [6.07, 6.45) is -0.479. The Bertz CT molecular complexity index is 530. The van der Waals surface area contributed by atoms with Crippen molar-refractivity contribution in [3.05, 3.63) is 28.2 Å². The third-order valence-electron chi connectivity index (χ3n) is 1.78. The molecular formula is C9H9Cl2NO4S. The van der Waals surface area contributed by atoms with Crippen LogP contribution in [0.5, 0.6) is 0 Å². The number of carboxylic acid groups (broad SMARTS) is 1. The Morgan fingerprint density at radius 2 is 2.00 bits per heavy atom. The summed E-state index contributed by atoms with van der Waals surface area (Å²) in [7, 11) is -3.74. The van der Waals surface area contributed by atoms with Gasteiger partial charge in [-0.1, -0.05) is 23.2 Å². The van der Waals surface area contributed by atoms with Gasteiger partial charge in [-0.2, -0.15) is 0 Å². The molecule has 0 aliphatic rings. The van der Waals surface area contributed by atoms with Gasteiger partial charge in [-0.15, -0.1) is 0 Å². The molecule has 0 fully saturated rings. The van der Waals surface area contributed by atoms with Gasteiger partial charge < -0.3 is 5.11 Å². The maximum atomic E-state index is 11.5. The maximum absolute atomic E-state index is 11.5. The molecule has 0 saturated carbocycles. The number of hydrogen-bond donors (Lipinski definition) is 2. The number of anilines is 1. The Hall–Kier alpha value is -0.980. The lowest BCUT2D eigenvalue weighted by atomic mass is 10.3. The molecule has 0 aliphatic carbocycles.